The van der Waals surface area contributed by atoms with Crippen LogP contribution in [-0.2, 0) is 9.53 Å². The van der Waals surface area contributed by atoms with Gasteiger partial charge in [0.1, 0.15) is 5.82 Å². The summed E-state index contributed by atoms with van der Waals surface area (Å²) in [4.78, 5) is 30.2. The molecule has 3 rings (SSSR count). The van der Waals surface area contributed by atoms with Gasteiger partial charge in [-0.2, -0.15) is 0 Å². The fourth-order valence-corrected chi connectivity index (χ4v) is 3.37. The molecule has 0 unspecified atom stereocenters. The maximum atomic E-state index is 14.0. The van der Waals surface area contributed by atoms with E-state index in [4.69, 9.17) is 4.74 Å². The van der Waals surface area contributed by atoms with Gasteiger partial charge in [-0.3, -0.25) is 14.5 Å². The summed E-state index contributed by atoms with van der Waals surface area (Å²) in [5, 5.41) is 0. The Balaban J connectivity index is 1.59. The van der Waals surface area contributed by atoms with E-state index < -0.39 is 5.82 Å². The predicted molar refractivity (Wildman–Crippen MR) is 92.5 cm³/mol. The van der Waals surface area contributed by atoms with Gasteiger partial charge in [0.05, 0.1) is 31.0 Å². The minimum absolute atomic E-state index is 0.118. The molecule has 1 aromatic rings. The molecule has 0 atom stereocenters. The molecule has 0 N–H and O–H groups in total. The molecule has 1 aromatic carbocycles. The molecule has 136 valence electrons. The number of rotatable bonds is 4. The number of Topliss-reactive ketones (excluding diaryl/α,β-unsaturated/α-hetero) is 1. The zero-order valence-electron chi connectivity index (χ0n) is 14.5. The van der Waals surface area contributed by atoms with Crippen LogP contribution in [0.25, 0.3) is 0 Å². The molecular formula is C18H24FN3O3. The van der Waals surface area contributed by atoms with Gasteiger partial charge in [0.2, 0.25) is 5.91 Å². The summed E-state index contributed by atoms with van der Waals surface area (Å²) >= 11 is 0. The Kier molecular flexibility index (Phi) is 5.65. The molecule has 0 aliphatic carbocycles. The molecule has 0 radical (unpaired) electrons. The molecule has 7 heteroatoms. The lowest BCUT2D eigenvalue weighted by atomic mass is 10.1. The maximum Gasteiger partial charge on any atom is 0.236 e. The highest BCUT2D eigenvalue weighted by Gasteiger charge is 2.26. The van der Waals surface area contributed by atoms with Crippen LogP contribution in [0.3, 0.4) is 0 Å². The second-order valence-electron chi connectivity index (χ2n) is 6.45. The lowest BCUT2D eigenvalue weighted by Crippen LogP contribution is -2.52. The number of amides is 1. The zero-order valence-corrected chi connectivity index (χ0v) is 14.5. The van der Waals surface area contributed by atoms with Crippen LogP contribution in [0, 0.1) is 5.82 Å². The van der Waals surface area contributed by atoms with Gasteiger partial charge in [-0.15, -0.1) is 0 Å². The monoisotopic (exact) mass is 349 g/mol. The van der Waals surface area contributed by atoms with Gasteiger partial charge in [0.25, 0.3) is 0 Å². The molecule has 2 aliphatic heterocycles. The lowest BCUT2D eigenvalue weighted by molar-refractivity contribution is -0.133. The zero-order chi connectivity index (χ0) is 17.8. The van der Waals surface area contributed by atoms with Crippen molar-refractivity contribution in [1.29, 1.82) is 0 Å². The third-order valence-corrected chi connectivity index (χ3v) is 4.78. The Morgan fingerprint density at radius 2 is 1.76 bits per heavy atom. The van der Waals surface area contributed by atoms with Gasteiger partial charge in [-0.05, 0) is 19.1 Å². The number of benzene rings is 1. The van der Waals surface area contributed by atoms with Crippen LogP contribution < -0.4 is 4.90 Å². The molecule has 25 heavy (non-hydrogen) atoms. The first kappa shape index (κ1) is 17.8. The third kappa shape index (κ3) is 4.16. The van der Waals surface area contributed by atoms with Crippen LogP contribution in [0.2, 0.25) is 0 Å². The third-order valence-electron chi connectivity index (χ3n) is 4.78. The maximum absolute atomic E-state index is 14.0. The number of ketones is 1. The van der Waals surface area contributed by atoms with E-state index in [1.54, 1.807) is 12.1 Å². The van der Waals surface area contributed by atoms with Crippen molar-refractivity contribution in [2.75, 3.05) is 63.9 Å². The molecule has 2 aliphatic rings. The average molecular weight is 349 g/mol. The normalized spacial score (nSPS) is 19.1. The Morgan fingerprint density at radius 3 is 2.40 bits per heavy atom. The van der Waals surface area contributed by atoms with Crippen molar-refractivity contribution in [3.05, 3.63) is 29.6 Å². The molecule has 6 nitrogen and oxygen atoms in total. The first-order chi connectivity index (χ1) is 12.1. The first-order valence-corrected chi connectivity index (χ1v) is 8.68. The summed E-state index contributed by atoms with van der Waals surface area (Å²) in [6, 6.07) is 4.69. The van der Waals surface area contributed by atoms with Crippen LogP contribution >= 0.6 is 0 Å². The number of nitrogens with zero attached hydrogens (tertiary/aromatic N) is 3. The van der Waals surface area contributed by atoms with E-state index in [9.17, 15) is 14.0 Å². The van der Waals surface area contributed by atoms with Crippen molar-refractivity contribution in [3.8, 4) is 0 Å². The van der Waals surface area contributed by atoms with Gasteiger partial charge >= 0.3 is 0 Å². The van der Waals surface area contributed by atoms with E-state index in [1.807, 2.05) is 9.80 Å². The second-order valence-corrected chi connectivity index (χ2v) is 6.45. The number of carbonyl (C=O) groups is 2. The van der Waals surface area contributed by atoms with Crippen LogP contribution in [0.5, 0.6) is 0 Å². The number of morpholine rings is 1. The number of carbonyl (C=O) groups excluding carboxylic acids is 2. The Labute approximate surface area is 147 Å². The summed E-state index contributed by atoms with van der Waals surface area (Å²) in [5.41, 5.74) is 0.753. The summed E-state index contributed by atoms with van der Waals surface area (Å²) in [5.74, 6) is -0.651. The standard InChI is InChI=1S/C18H24FN3O3/c1-14(23)18-15(19)3-2-4-16(18)21-5-7-22(8-6-21)17(24)13-20-9-11-25-12-10-20/h2-4H,5-13H2,1H3. The number of piperazine rings is 1. The van der Waals surface area contributed by atoms with Crippen molar-refractivity contribution in [2.24, 2.45) is 0 Å². The van der Waals surface area contributed by atoms with E-state index in [2.05, 4.69) is 4.90 Å². The van der Waals surface area contributed by atoms with E-state index in [0.29, 0.717) is 51.6 Å². The number of halogens is 1. The highest BCUT2D eigenvalue weighted by molar-refractivity contribution is 6.00. The van der Waals surface area contributed by atoms with Crippen molar-refractivity contribution < 1.29 is 18.7 Å². The molecule has 0 saturated carbocycles. The number of hydrogen-bond acceptors (Lipinski definition) is 5. The Morgan fingerprint density at radius 1 is 1.08 bits per heavy atom. The Bertz CT molecular complexity index is 638. The highest BCUT2D eigenvalue weighted by atomic mass is 19.1. The van der Waals surface area contributed by atoms with E-state index in [1.165, 1.54) is 13.0 Å². The molecule has 2 fully saturated rings. The van der Waals surface area contributed by atoms with Crippen molar-refractivity contribution >= 4 is 17.4 Å². The molecule has 0 bridgehead atoms. The van der Waals surface area contributed by atoms with E-state index in [0.717, 1.165) is 13.1 Å². The number of ether oxygens (including phenoxy) is 1. The van der Waals surface area contributed by atoms with Gasteiger partial charge < -0.3 is 14.5 Å². The minimum atomic E-state index is -0.490. The predicted octanol–water partition coefficient (Wildman–Crippen LogP) is 1.01. The first-order valence-electron chi connectivity index (χ1n) is 8.68. The second kappa shape index (κ2) is 7.93. The number of anilines is 1. The average Bonchev–Trinajstić information content (AvgIpc) is 2.62. The SMILES string of the molecule is CC(=O)c1c(F)cccc1N1CCN(C(=O)CN2CCOCC2)CC1. The molecule has 0 aromatic heterocycles. The molecule has 0 spiro atoms. The smallest absolute Gasteiger partial charge is 0.236 e. The largest absolute Gasteiger partial charge is 0.379 e. The number of hydrogen-bond donors (Lipinski definition) is 0. The van der Waals surface area contributed by atoms with Gasteiger partial charge in [-0.25, -0.2) is 4.39 Å². The van der Waals surface area contributed by atoms with Crippen molar-refractivity contribution in [2.45, 2.75) is 6.92 Å². The minimum Gasteiger partial charge on any atom is -0.379 e. The van der Waals surface area contributed by atoms with E-state index >= 15 is 0 Å². The molecule has 2 saturated heterocycles. The van der Waals surface area contributed by atoms with Crippen molar-refractivity contribution in [3.63, 3.8) is 0 Å². The quantitative estimate of drug-likeness (QED) is 0.760. The molecule has 2 heterocycles. The van der Waals surface area contributed by atoms with Crippen LogP contribution in [0.4, 0.5) is 10.1 Å². The van der Waals surface area contributed by atoms with Gasteiger partial charge in [0.15, 0.2) is 5.78 Å². The Hall–Kier alpha value is -1.99. The molecular weight excluding hydrogens is 325 g/mol. The van der Waals surface area contributed by atoms with Crippen molar-refractivity contribution in [1.82, 2.24) is 9.80 Å². The van der Waals surface area contributed by atoms with Crippen LogP contribution in [-0.4, -0.2) is 80.5 Å². The van der Waals surface area contributed by atoms with Crippen LogP contribution in [0.1, 0.15) is 17.3 Å². The summed E-state index contributed by atoms with van der Waals surface area (Å²) in [6.07, 6.45) is 0. The van der Waals surface area contributed by atoms with Crippen LogP contribution in [0.15, 0.2) is 18.2 Å². The summed E-state index contributed by atoms with van der Waals surface area (Å²) < 4.78 is 19.3. The summed E-state index contributed by atoms with van der Waals surface area (Å²) in [6.45, 7) is 7.08. The lowest BCUT2D eigenvalue weighted by Gasteiger charge is -2.38. The van der Waals surface area contributed by atoms with E-state index in [-0.39, 0.29) is 17.3 Å². The fourth-order valence-electron chi connectivity index (χ4n) is 3.37. The van der Waals surface area contributed by atoms with Gasteiger partial charge in [-0.1, -0.05) is 6.07 Å². The summed E-state index contributed by atoms with van der Waals surface area (Å²) in [7, 11) is 0. The topological polar surface area (TPSA) is 53.1 Å². The fraction of sp³-hybridized carbons (Fsp3) is 0.556. The highest BCUT2D eigenvalue weighted by Crippen LogP contribution is 2.25. The molecule has 1 amide bonds. The van der Waals surface area contributed by atoms with Gasteiger partial charge in [0, 0.05) is 39.3 Å².